The average molecular weight is 387 g/mol. The summed E-state index contributed by atoms with van der Waals surface area (Å²) in [4.78, 5) is 27.1. The first-order valence-corrected chi connectivity index (χ1v) is 8.79. The molecule has 1 saturated heterocycles. The molecule has 0 bridgehead atoms. The minimum absolute atomic E-state index is 0.125. The van der Waals surface area contributed by atoms with Crippen LogP contribution in [0.5, 0.6) is 0 Å². The number of benzene rings is 2. The Labute approximate surface area is 150 Å². The maximum atomic E-state index is 12.8. The van der Waals surface area contributed by atoms with Gasteiger partial charge in [-0.05, 0) is 55.7 Å². The molecule has 0 spiro atoms. The summed E-state index contributed by atoms with van der Waals surface area (Å²) in [5.41, 5.74) is 2.55. The highest BCUT2D eigenvalue weighted by Crippen LogP contribution is 2.26. The summed E-state index contributed by atoms with van der Waals surface area (Å²) in [6.07, 6.45) is 1.40. The number of carbonyl (C=O) groups excluding carboxylic acids is 2. The van der Waals surface area contributed by atoms with Gasteiger partial charge < -0.3 is 10.2 Å². The molecule has 1 N–H and O–H groups in total. The third-order valence-electron chi connectivity index (χ3n) is 4.27. The molecule has 124 valence electrons. The van der Waals surface area contributed by atoms with Crippen molar-refractivity contribution in [1.29, 1.82) is 0 Å². The average Bonchev–Trinajstić information content (AvgIpc) is 2.58. The molecule has 2 aromatic carbocycles. The van der Waals surface area contributed by atoms with E-state index in [0.717, 1.165) is 27.8 Å². The number of carbonyl (C=O) groups is 2. The van der Waals surface area contributed by atoms with Crippen molar-refractivity contribution in [3.8, 4) is 0 Å². The number of piperidine rings is 1. The molecule has 5 heteroatoms. The molecule has 1 aliphatic rings. The van der Waals surface area contributed by atoms with Gasteiger partial charge in [0.05, 0.1) is 0 Å². The van der Waals surface area contributed by atoms with Crippen LogP contribution in [-0.2, 0) is 9.59 Å². The fourth-order valence-corrected chi connectivity index (χ4v) is 3.45. The van der Waals surface area contributed by atoms with Crippen molar-refractivity contribution in [3.63, 3.8) is 0 Å². The molecule has 1 fully saturated rings. The van der Waals surface area contributed by atoms with Gasteiger partial charge in [0.25, 0.3) is 0 Å². The lowest BCUT2D eigenvalue weighted by Crippen LogP contribution is -2.46. The van der Waals surface area contributed by atoms with E-state index >= 15 is 0 Å². The zero-order chi connectivity index (χ0) is 17.1. The molecule has 1 atom stereocenters. The van der Waals surface area contributed by atoms with Crippen LogP contribution in [0.2, 0.25) is 0 Å². The normalized spacial score (nSPS) is 17.7. The minimum atomic E-state index is -0.637. The van der Waals surface area contributed by atoms with Gasteiger partial charge in [0.2, 0.25) is 11.8 Å². The Kier molecular flexibility index (Phi) is 5.00. The molecule has 0 radical (unpaired) electrons. The fourth-order valence-electron chi connectivity index (χ4n) is 2.97. The Morgan fingerprint density at radius 2 is 1.96 bits per heavy atom. The monoisotopic (exact) mass is 386 g/mol. The first-order valence-electron chi connectivity index (χ1n) is 7.99. The molecule has 0 saturated carbocycles. The Balaban J connectivity index is 1.76. The van der Waals surface area contributed by atoms with Gasteiger partial charge in [0.15, 0.2) is 0 Å². The SMILES string of the molecule is Cc1cc(Br)ccc1NC(=O)C1CCCN(c2ccccc2)C1=O. The second kappa shape index (κ2) is 7.18. The number of para-hydroxylation sites is 1. The van der Waals surface area contributed by atoms with Crippen LogP contribution >= 0.6 is 15.9 Å². The van der Waals surface area contributed by atoms with E-state index in [0.29, 0.717) is 13.0 Å². The van der Waals surface area contributed by atoms with E-state index in [1.54, 1.807) is 4.90 Å². The molecule has 24 heavy (non-hydrogen) atoms. The van der Waals surface area contributed by atoms with Gasteiger partial charge in [-0.3, -0.25) is 9.59 Å². The predicted molar refractivity (Wildman–Crippen MR) is 99.0 cm³/mol. The molecule has 4 nitrogen and oxygen atoms in total. The number of anilines is 2. The van der Waals surface area contributed by atoms with Gasteiger partial charge in [-0.25, -0.2) is 0 Å². The Morgan fingerprint density at radius 3 is 2.67 bits per heavy atom. The van der Waals surface area contributed by atoms with Crippen LogP contribution in [0.3, 0.4) is 0 Å². The van der Waals surface area contributed by atoms with Gasteiger partial charge in [-0.2, -0.15) is 0 Å². The van der Waals surface area contributed by atoms with Gasteiger partial charge in [-0.15, -0.1) is 0 Å². The molecule has 1 unspecified atom stereocenters. The summed E-state index contributed by atoms with van der Waals surface area (Å²) in [6.45, 7) is 2.59. The zero-order valence-corrected chi connectivity index (χ0v) is 15.0. The molecule has 0 aliphatic carbocycles. The van der Waals surface area contributed by atoms with E-state index in [4.69, 9.17) is 0 Å². The molecule has 2 aromatic rings. The first-order chi connectivity index (χ1) is 11.6. The number of amides is 2. The molecule has 3 rings (SSSR count). The highest BCUT2D eigenvalue weighted by molar-refractivity contribution is 9.10. The van der Waals surface area contributed by atoms with E-state index in [-0.39, 0.29) is 11.8 Å². The van der Waals surface area contributed by atoms with Crippen LogP contribution in [-0.4, -0.2) is 18.4 Å². The fraction of sp³-hybridized carbons (Fsp3) is 0.263. The second-order valence-corrected chi connectivity index (χ2v) is 6.88. The third-order valence-corrected chi connectivity index (χ3v) is 4.76. The van der Waals surface area contributed by atoms with Crippen molar-refractivity contribution in [3.05, 3.63) is 58.6 Å². The van der Waals surface area contributed by atoms with E-state index in [2.05, 4.69) is 21.2 Å². The summed E-state index contributed by atoms with van der Waals surface area (Å²) in [7, 11) is 0. The minimum Gasteiger partial charge on any atom is -0.325 e. The molecule has 0 aromatic heterocycles. The molecular weight excluding hydrogens is 368 g/mol. The first kappa shape index (κ1) is 16.7. The van der Waals surface area contributed by atoms with Gasteiger partial charge in [0.1, 0.15) is 5.92 Å². The number of rotatable bonds is 3. The summed E-state index contributed by atoms with van der Waals surface area (Å²) >= 11 is 3.41. The smallest absolute Gasteiger partial charge is 0.239 e. The highest BCUT2D eigenvalue weighted by Gasteiger charge is 2.34. The maximum absolute atomic E-state index is 12.8. The van der Waals surface area contributed by atoms with Crippen LogP contribution in [0.15, 0.2) is 53.0 Å². The number of nitrogens with zero attached hydrogens (tertiary/aromatic N) is 1. The summed E-state index contributed by atoms with van der Waals surface area (Å²) in [5.74, 6) is -0.993. The van der Waals surface area contributed by atoms with E-state index < -0.39 is 5.92 Å². The Morgan fingerprint density at radius 1 is 1.21 bits per heavy atom. The summed E-state index contributed by atoms with van der Waals surface area (Å²) in [6, 6.07) is 15.2. The second-order valence-electron chi connectivity index (χ2n) is 5.97. The zero-order valence-electron chi connectivity index (χ0n) is 13.5. The predicted octanol–water partition coefficient (Wildman–Crippen LogP) is 4.14. The summed E-state index contributed by atoms with van der Waals surface area (Å²) < 4.78 is 0.960. The number of hydrogen-bond donors (Lipinski definition) is 1. The molecule has 1 heterocycles. The van der Waals surface area contributed by atoms with Crippen LogP contribution in [0.25, 0.3) is 0 Å². The highest BCUT2D eigenvalue weighted by atomic mass is 79.9. The molecule has 2 amide bonds. The van der Waals surface area contributed by atoms with Crippen LogP contribution in [0.1, 0.15) is 18.4 Å². The van der Waals surface area contributed by atoms with Gasteiger partial charge in [0, 0.05) is 22.4 Å². The standard InChI is InChI=1S/C19H19BrN2O2/c1-13-12-14(20)9-10-17(13)21-18(23)16-8-5-11-22(19(16)24)15-6-3-2-4-7-15/h2-4,6-7,9-10,12,16H,5,8,11H2,1H3,(H,21,23). The lowest BCUT2D eigenvalue weighted by molar-refractivity contribution is -0.132. The van der Waals surface area contributed by atoms with Crippen LogP contribution in [0.4, 0.5) is 11.4 Å². The number of hydrogen-bond acceptors (Lipinski definition) is 2. The maximum Gasteiger partial charge on any atom is 0.239 e. The molecule has 1 aliphatic heterocycles. The van der Waals surface area contributed by atoms with Gasteiger partial charge >= 0.3 is 0 Å². The lowest BCUT2D eigenvalue weighted by atomic mass is 9.95. The van der Waals surface area contributed by atoms with E-state index in [1.165, 1.54) is 0 Å². The van der Waals surface area contributed by atoms with Crippen molar-refractivity contribution in [2.45, 2.75) is 19.8 Å². The topological polar surface area (TPSA) is 49.4 Å². The summed E-state index contributed by atoms with van der Waals surface area (Å²) in [5, 5.41) is 2.90. The number of aryl methyl sites for hydroxylation is 1. The van der Waals surface area contributed by atoms with Crippen LogP contribution in [0, 0.1) is 12.8 Å². The lowest BCUT2D eigenvalue weighted by Gasteiger charge is -2.31. The van der Waals surface area contributed by atoms with Crippen molar-refractivity contribution in [2.24, 2.45) is 5.92 Å². The van der Waals surface area contributed by atoms with Crippen molar-refractivity contribution >= 4 is 39.1 Å². The largest absolute Gasteiger partial charge is 0.325 e. The number of halogens is 1. The number of nitrogens with one attached hydrogen (secondary N) is 1. The quantitative estimate of drug-likeness (QED) is 0.805. The molecular formula is C19H19BrN2O2. The Hall–Kier alpha value is -2.14. The van der Waals surface area contributed by atoms with E-state index in [9.17, 15) is 9.59 Å². The van der Waals surface area contributed by atoms with Gasteiger partial charge in [-0.1, -0.05) is 34.1 Å². The van der Waals surface area contributed by atoms with E-state index in [1.807, 2.05) is 55.5 Å². The third kappa shape index (κ3) is 3.51. The Bertz CT molecular complexity index is 761. The van der Waals surface area contributed by atoms with Crippen molar-refractivity contribution in [2.75, 3.05) is 16.8 Å². The van der Waals surface area contributed by atoms with Crippen LogP contribution < -0.4 is 10.2 Å². The van der Waals surface area contributed by atoms with Crippen molar-refractivity contribution < 1.29 is 9.59 Å². The van der Waals surface area contributed by atoms with Crippen molar-refractivity contribution in [1.82, 2.24) is 0 Å².